The van der Waals surface area contributed by atoms with Gasteiger partial charge in [0.05, 0.1) is 4.90 Å². The maximum atomic E-state index is 12.9. The summed E-state index contributed by atoms with van der Waals surface area (Å²) in [7, 11) is -3.80. The van der Waals surface area contributed by atoms with E-state index in [9.17, 15) is 18.0 Å². The van der Waals surface area contributed by atoms with E-state index < -0.39 is 21.5 Å². The average Bonchev–Trinajstić information content (AvgIpc) is 2.64. The molecule has 0 heterocycles. The van der Waals surface area contributed by atoms with Crippen LogP contribution in [0.2, 0.25) is 0 Å². The molecule has 0 aliphatic heterocycles. The fourth-order valence-electron chi connectivity index (χ4n) is 2.60. The average molecular weight is 426 g/mol. The van der Waals surface area contributed by atoms with Crippen LogP contribution in [-0.4, -0.2) is 44.0 Å². The summed E-state index contributed by atoms with van der Waals surface area (Å²) in [5, 5.41) is 0. The number of sulfone groups is 1. The highest BCUT2D eigenvalue weighted by molar-refractivity contribution is 7.92. The number of carbonyl (C=O) groups excluding carboxylic acids is 2. The lowest BCUT2D eigenvalue weighted by atomic mass is 10.1. The molecule has 2 aromatic rings. The maximum absolute atomic E-state index is 12.9. The molecule has 7 nitrogen and oxygen atoms in total. The number of hydrogen-bond donors (Lipinski definition) is 2. The van der Waals surface area contributed by atoms with E-state index in [-0.39, 0.29) is 23.2 Å². The molecule has 0 fully saturated rings. The normalized spacial score (nSPS) is 10.8. The lowest BCUT2D eigenvalue weighted by Gasteiger charge is -2.23. The van der Waals surface area contributed by atoms with Crippen LogP contribution in [-0.2, 0) is 21.2 Å². The van der Waals surface area contributed by atoms with E-state index in [2.05, 4.69) is 0 Å². The van der Waals surface area contributed by atoms with Crippen LogP contribution >= 0.6 is 12.4 Å². The van der Waals surface area contributed by atoms with Gasteiger partial charge in [-0.1, -0.05) is 30.3 Å². The van der Waals surface area contributed by atoms with Crippen LogP contribution in [0.4, 0.5) is 0 Å². The number of hydrogen-bond acceptors (Lipinski definition) is 5. The molecule has 0 bridgehead atoms. The van der Waals surface area contributed by atoms with Crippen molar-refractivity contribution < 1.29 is 18.0 Å². The molecule has 0 unspecified atom stereocenters. The summed E-state index contributed by atoms with van der Waals surface area (Å²) in [6.45, 7) is 1.39. The Morgan fingerprint density at radius 2 is 1.57 bits per heavy atom. The highest BCUT2D eigenvalue weighted by Crippen LogP contribution is 2.15. The van der Waals surface area contributed by atoms with E-state index in [1.54, 1.807) is 4.90 Å². The third-order valence-electron chi connectivity index (χ3n) is 3.93. The molecule has 28 heavy (non-hydrogen) atoms. The van der Waals surface area contributed by atoms with Crippen molar-refractivity contribution in [2.45, 2.75) is 17.9 Å². The largest absolute Gasteiger partial charge is 0.369 e. The molecule has 0 aromatic heterocycles. The van der Waals surface area contributed by atoms with E-state index in [1.807, 2.05) is 30.3 Å². The number of rotatable bonds is 9. The molecule has 0 saturated heterocycles. The van der Waals surface area contributed by atoms with Crippen molar-refractivity contribution in [3.05, 3.63) is 65.7 Å². The van der Waals surface area contributed by atoms with Crippen LogP contribution in [0.5, 0.6) is 0 Å². The zero-order valence-electron chi connectivity index (χ0n) is 15.3. The Balaban J connectivity index is 0.00000392. The molecule has 4 N–H and O–H groups in total. The van der Waals surface area contributed by atoms with Crippen molar-refractivity contribution in [2.24, 2.45) is 11.5 Å². The number of primary amides is 1. The van der Waals surface area contributed by atoms with Crippen molar-refractivity contribution in [1.82, 2.24) is 4.90 Å². The van der Waals surface area contributed by atoms with Crippen LogP contribution < -0.4 is 11.5 Å². The second-order valence-electron chi connectivity index (χ2n) is 6.10. The van der Waals surface area contributed by atoms with Crippen molar-refractivity contribution in [3.63, 3.8) is 0 Å². The number of nitrogens with two attached hydrogens (primary N) is 2. The number of carbonyl (C=O) groups is 2. The first-order chi connectivity index (χ1) is 12.8. The van der Waals surface area contributed by atoms with Gasteiger partial charge in [0, 0.05) is 18.7 Å². The lowest BCUT2D eigenvalue weighted by molar-refractivity contribution is -0.115. The molecular formula is C19H24ClN3O4S. The molecule has 0 aliphatic rings. The molecular weight excluding hydrogens is 402 g/mol. The van der Waals surface area contributed by atoms with Crippen molar-refractivity contribution in [3.8, 4) is 0 Å². The summed E-state index contributed by atoms with van der Waals surface area (Å²) >= 11 is 0. The topological polar surface area (TPSA) is 124 Å². The Kier molecular flexibility index (Phi) is 9.11. The standard InChI is InChI=1S/C19H23N3O4S.ClH/c20-11-4-12-22(13-15-5-2-1-3-6-15)19(24)16-7-9-17(10-8-16)27(25,26)14-18(21)23;/h1-3,5-10H,4,11-14,20H2,(H2,21,23);1H. The predicted octanol–water partition coefficient (Wildman–Crippen LogP) is 1.36. The van der Waals surface area contributed by atoms with Crippen LogP contribution in [0.1, 0.15) is 22.3 Å². The highest BCUT2D eigenvalue weighted by Gasteiger charge is 2.20. The summed E-state index contributed by atoms with van der Waals surface area (Å²) in [6, 6.07) is 15.1. The Morgan fingerprint density at radius 3 is 2.11 bits per heavy atom. The van der Waals surface area contributed by atoms with Crippen LogP contribution in [0.15, 0.2) is 59.5 Å². The molecule has 2 rings (SSSR count). The first kappa shape index (κ1) is 23.6. The van der Waals surface area contributed by atoms with Gasteiger partial charge >= 0.3 is 0 Å². The third kappa shape index (κ3) is 6.63. The second kappa shape index (κ2) is 10.8. The van der Waals surface area contributed by atoms with Gasteiger partial charge in [-0.2, -0.15) is 0 Å². The van der Waals surface area contributed by atoms with E-state index in [0.717, 1.165) is 5.56 Å². The minimum atomic E-state index is -3.80. The van der Waals surface area contributed by atoms with Gasteiger partial charge in [0.15, 0.2) is 9.84 Å². The molecule has 0 atom stereocenters. The smallest absolute Gasteiger partial charge is 0.254 e. The molecule has 0 saturated carbocycles. The third-order valence-corrected chi connectivity index (χ3v) is 5.58. The Morgan fingerprint density at radius 1 is 0.964 bits per heavy atom. The minimum Gasteiger partial charge on any atom is -0.369 e. The van der Waals surface area contributed by atoms with Gasteiger partial charge < -0.3 is 16.4 Å². The highest BCUT2D eigenvalue weighted by atomic mass is 35.5. The summed E-state index contributed by atoms with van der Waals surface area (Å²) in [4.78, 5) is 25.4. The zero-order valence-corrected chi connectivity index (χ0v) is 16.9. The second-order valence-corrected chi connectivity index (χ2v) is 8.09. The first-order valence-electron chi connectivity index (χ1n) is 8.48. The molecule has 9 heteroatoms. The number of benzene rings is 2. The van der Waals surface area contributed by atoms with Crippen molar-refractivity contribution >= 4 is 34.1 Å². The quantitative estimate of drug-likeness (QED) is 0.627. The van der Waals surface area contributed by atoms with E-state index in [4.69, 9.17) is 11.5 Å². The molecule has 2 aromatic carbocycles. The number of halogens is 1. The van der Waals surface area contributed by atoms with Gasteiger partial charge in [0.1, 0.15) is 5.75 Å². The monoisotopic (exact) mass is 425 g/mol. The predicted molar refractivity (Wildman–Crippen MR) is 110 cm³/mol. The Labute approximate surface area is 171 Å². The maximum Gasteiger partial charge on any atom is 0.254 e. The van der Waals surface area contributed by atoms with Crippen LogP contribution in [0.25, 0.3) is 0 Å². The fourth-order valence-corrected chi connectivity index (χ4v) is 3.69. The van der Waals surface area contributed by atoms with Gasteiger partial charge in [0.25, 0.3) is 5.91 Å². The van der Waals surface area contributed by atoms with Gasteiger partial charge in [-0.3, -0.25) is 9.59 Å². The van der Waals surface area contributed by atoms with Crippen LogP contribution in [0.3, 0.4) is 0 Å². The summed E-state index contributed by atoms with van der Waals surface area (Å²) in [5.41, 5.74) is 11.9. The van der Waals surface area contributed by atoms with Crippen molar-refractivity contribution in [2.75, 3.05) is 18.8 Å². The van der Waals surface area contributed by atoms with Gasteiger partial charge in [-0.25, -0.2) is 8.42 Å². The lowest BCUT2D eigenvalue weighted by Crippen LogP contribution is -2.32. The summed E-state index contributed by atoms with van der Waals surface area (Å²) in [5.74, 6) is -1.91. The summed E-state index contributed by atoms with van der Waals surface area (Å²) < 4.78 is 24.1. The molecule has 0 radical (unpaired) electrons. The molecule has 0 aliphatic carbocycles. The van der Waals surface area contributed by atoms with Crippen LogP contribution in [0, 0.1) is 0 Å². The first-order valence-corrected chi connectivity index (χ1v) is 10.1. The molecule has 152 valence electrons. The SMILES string of the molecule is Cl.NCCCN(Cc1ccccc1)C(=O)c1ccc(S(=O)(=O)CC(N)=O)cc1. The molecule has 2 amide bonds. The fraction of sp³-hybridized carbons (Fsp3) is 0.263. The number of nitrogens with zero attached hydrogens (tertiary/aromatic N) is 1. The van der Waals surface area contributed by atoms with E-state index in [1.165, 1.54) is 24.3 Å². The minimum absolute atomic E-state index is 0. The van der Waals surface area contributed by atoms with Gasteiger partial charge in [-0.05, 0) is 42.8 Å². The number of amides is 2. The van der Waals surface area contributed by atoms with E-state index >= 15 is 0 Å². The van der Waals surface area contributed by atoms with Gasteiger partial charge in [-0.15, -0.1) is 12.4 Å². The molecule has 0 spiro atoms. The zero-order chi connectivity index (χ0) is 19.9. The van der Waals surface area contributed by atoms with Gasteiger partial charge in [0.2, 0.25) is 5.91 Å². The summed E-state index contributed by atoms with van der Waals surface area (Å²) in [6.07, 6.45) is 0.656. The Hall–Kier alpha value is -2.42. The Bertz CT molecular complexity index is 887. The van der Waals surface area contributed by atoms with E-state index in [0.29, 0.717) is 31.6 Å². The van der Waals surface area contributed by atoms with Crippen molar-refractivity contribution in [1.29, 1.82) is 0 Å².